The fourth-order valence-corrected chi connectivity index (χ4v) is 4.73. The van der Waals surface area contributed by atoms with E-state index in [2.05, 4.69) is 60.4 Å². The fraction of sp³-hybridized carbons (Fsp3) is 0.167. The number of dihydropyridines is 1. The maximum absolute atomic E-state index is 4.54. The summed E-state index contributed by atoms with van der Waals surface area (Å²) in [5, 5.41) is 29.2. The number of aryl methyl sites for hydroxylation is 1. The van der Waals surface area contributed by atoms with E-state index < -0.39 is 0 Å². The summed E-state index contributed by atoms with van der Waals surface area (Å²) < 4.78 is 3.66. The smallest absolute Gasteiger partial charge is 0.217 e. The molecule has 9 nitrogen and oxygen atoms in total. The maximum atomic E-state index is 4.54. The van der Waals surface area contributed by atoms with Gasteiger partial charge in [0, 0.05) is 23.9 Å². The lowest BCUT2D eigenvalue weighted by atomic mass is 10.00. The minimum atomic E-state index is 0.117. The van der Waals surface area contributed by atoms with E-state index in [1.54, 1.807) is 34.4 Å². The van der Waals surface area contributed by atoms with Crippen molar-refractivity contribution in [1.29, 1.82) is 0 Å². The summed E-state index contributed by atoms with van der Waals surface area (Å²) in [4.78, 5) is 2.20. The van der Waals surface area contributed by atoms with Crippen LogP contribution >= 0.6 is 23.5 Å². The Kier molecular flexibility index (Phi) is 4.60. The van der Waals surface area contributed by atoms with Crippen molar-refractivity contribution in [2.45, 2.75) is 16.4 Å². The van der Waals surface area contributed by atoms with Gasteiger partial charge in [0.25, 0.3) is 0 Å². The van der Waals surface area contributed by atoms with E-state index in [0.717, 1.165) is 25.9 Å². The molecule has 29 heavy (non-hydrogen) atoms. The molecule has 0 spiro atoms. The lowest BCUT2D eigenvalue weighted by molar-refractivity contribution is 0.785. The molecule has 1 unspecified atom stereocenters. The van der Waals surface area contributed by atoms with Gasteiger partial charge in [-0.2, -0.15) is 4.52 Å². The third-order valence-corrected chi connectivity index (χ3v) is 6.52. The van der Waals surface area contributed by atoms with Crippen LogP contribution in [0.1, 0.15) is 0 Å². The first-order valence-electron chi connectivity index (χ1n) is 8.88. The van der Waals surface area contributed by atoms with E-state index in [4.69, 9.17) is 0 Å². The molecular weight excluding hydrogens is 406 g/mol. The average molecular weight is 424 g/mol. The van der Waals surface area contributed by atoms with Crippen molar-refractivity contribution in [3.63, 3.8) is 0 Å². The predicted octanol–water partition coefficient (Wildman–Crippen LogP) is 2.37. The first-order chi connectivity index (χ1) is 14.2. The third kappa shape index (κ3) is 3.42. The van der Waals surface area contributed by atoms with Crippen molar-refractivity contribution < 1.29 is 0 Å². The summed E-state index contributed by atoms with van der Waals surface area (Å²) in [7, 11) is 3.78. The standard InChI is InChI=1S/C18H17N9S2/c1-19-15-5-6-16-22-24-18(27(16)25-15)29-14-7-8-20-13-4-3-11(9-12(13)14)28-17-23-21-10-26(17)2/h3-10,13,20H,1-2H3,(H,19,25). The lowest BCUT2D eigenvalue weighted by Crippen LogP contribution is -2.28. The van der Waals surface area contributed by atoms with Crippen LogP contribution < -0.4 is 10.6 Å². The van der Waals surface area contributed by atoms with Gasteiger partial charge in [-0.3, -0.25) is 0 Å². The second-order valence-electron chi connectivity index (χ2n) is 6.35. The minimum absolute atomic E-state index is 0.117. The summed E-state index contributed by atoms with van der Waals surface area (Å²) in [6, 6.07) is 3.89. The van der Waals surface area contributed by atoms with Gasteiger partial charge in [0.15, 0.2) is 10.8 Å². The topological polar surface area (TPSA) is 97.9 Å². The summed E-state index contributed by atoms with van der Waals surface area (Å²) >= 11 is 3.14. The van der Waals surface area contributed by atoms with Crippen molar-refractivity contribution in [1.82, 2.24) is 39.9 Å². The number of hydrogen-bond donors (Lipinski definition) is 2. The highest BCUT2D eigenvalue weighted by atomic mass is 32.2. The molecule has 3 aromatic heterocycles. The largest absolute Gasteiger partial charge is 0.381 e. The number of nitrogens with one attached hydrogen (secondary N) is 2. The molecule has 0 saturated heterocycles. The second-order valence-corrected chi connectivity index (χ2v) is 8.40. The van der Waals surface area contributed by atoms with Crippen molar-refractivity contribution in [2.24, 2.45) is 7.05 Å². The molecule has 0 saturated carbocycles. The van der Waals surface area contributed by atoms with Crippen LogP contribution in [-0.4, -0.2) is 47.7 Å². The monoisotopic (exact) mass is 423 g/mol. The molecule has 1 aliphatic heterocycles. The van der Waals surface area contributed by atoms with E-state index in [1.165, 1.54) is 5.57 Å². The number of anilines is 1. The second kappa shape index (κ2) is 7.41. The number of hydrogen-bond acceptors (Lipinski definition) is 9. The van der Waals surface area contributed by atoms with Crippen molar-refractivity contribution in [3.8, 4) is 0 Å². The minimum Gasteiger partial charge on any atom is -0.381 e. The molecule has 0 bridgehead atoms. The predicted molar refractivity (Wildman–Crippen MR) is 113 cm³/mol. The van der Waals surface area contributed by atoms with Crippen molar-refractivity contribution in [3.05, 3.63) is 64.3 Å². The van der Waals surface area contributed by atoms with Crippen LogP contribution in [0, 0.1) is 0 Å². The molecule has 5 rings (SSSR count). The van der Waals surface area contributed by atoms with Gasteiger partial charge in [0.2, 0.25) is 5.16 Å². The number of fused-ring (bicyclic) bond motifs is 2. The molecule has 0 radical (unpaired) electrons. The lowest BCUT2D eigenvalue weighted by Gasteiger charge is -2.25. The summed E-state index contributed by atoms with van der Waals surface area (Å²) in [6.07, 6.45) is 12.2. The van der Waals surface area contributed by atoms with Crippen LogP contribution in [0.25, 0.3) is 5.65 Å². The van der Waals surface area contributed by atoms with Gasteiger partial charge in [-0.25, -0.2) is 0 Å². The van der Waals surface area contributed by atoms with Gasteiger partial charge in [-0.1, -0.05) is 6.08 Å². The Morgan fingerprint density at radius 1 is 1.10 bits per heavy atom. The number of nitrogens with zero attached hydrogens (tertiary/aromatic N) is 7. The molecule has 1 atom stereocenters. The van der Waals surface area contributed by atoms with E-state index in [9.17, 15) is 0 Å². The van der Waals surface area contributed by atoms with Crippen LogP contribution in [0.2, 0.25) is 0 Å². The van der Waals surface area contributed by atoms with Gasteiger partial charge in [-0.15, -0.1) is 25.5 Å². The summed E-state index contributed by atoms with van der Waals surface area (Å²) in [5.41, 5.74) is 1.88. The molecule has 1 aliphatic carbocycles. The van der Waals surface area contributed by atoms with E-state index in [1.807, 2.05) is 37.0 Å². The number of thioether (sulfide) groups is 2. The molecule has 2 aliphatic rings. The Balaban J connectivity index is 1.49. The van der Waals surface area contributed by atoms with Gasteiger partial charge in [0.1, 0.15) is 12.1 Å². The molecule has 2 N–H and O–H groups in total. The Hall–Kier alpha value is -3.05. The highest BCUT2D eigenvalue weighted by Gasteiger charge is 2.22. The zero-order valence-electron chi connectivity index (χ0n) is 15.6. The SMILES string of the molecule is CNc1ccc2nnc(SC3=C4C=C(Sc5nncn5C)C=CC4NC=C3)n2n1. The van der Waals surface area contributed by atoms with Gasteiger partial charge in [0.05, 0.1) is 6.04 Å². The Bertz CT molecular complexity index is 1200. The average Bonchev–Trinajstić information content (AvgIpc) is 3.34. The first-order valence-corrected chi connectivity index (χ1v) is 10.5. The van der Waals surface area contributed by atoms with Crippen LogP contribution in [0.3, 0.4) is 0 Å². The van der Waals surface area contributed by atoms with Gasteiger partial charge < -0.3 is 15.2 Å². The van der Waals surface area contributed by atoms with E-state index in [0.29, 0.717) is 5.65 Å². The third-order valence-electron chi connectivity index (χ3n) is 4.45. The molecule has 4 heterocycles. The highest BCUT2D eigenvalue weighted by molar-refractivity contribution is 8.03. The van der Waals surface area contributed by atoms with Crippen LogP contribution in [0.4, 0.5) is 5.82 Å². The molecule has 0 aromatic carbocycles. The first kappa shape index (κ1) is 18.0. The van der Waals surface area contributed by atoms with Gasteiger partial charge in [-0.05, 0) is 65.7 Å². The molecule has 0 fully saturated rings. The molecule has 11 heteroatoms. The fourth-order valence-electron chi connectivity index (χ4n) is 2.97. The zero-order chi connectivity index (χ0) is 19.8. The van der Waals surface area contributed by atoms with Crippen molar-refractivity contribution >= 4 is 35.0 Å². The number of aromatic nitrogens is 7. The molecule has 0 amide bonds. The summed E-state index contributed by atoms with van der Waals surface area (Å²) in [6.45, 7) is 0. The molecular formula is C18H17N9S2. The normalized spacial score (nSPS) is 18.0. The highest BCUT2D eigenvalue weighted by Crippen LogP contribution is 2.37. The number of allylic oxidation sites excluding steroid dienone is 2. The quantitative estimate of drug-likeness (QED) is 0.641. The van der Waals surface area contributed by atoms with Crippen LogP contribution in [0.5, 0.6) is 0 Å². The van der Waals surface area contributed by atoms with Crippen LogP contribution in [-0.2, 0) is 7.05 Å². The number of rotatable bonds is 5. The zero-order valence-corrected chi connectivity index (χ0v) is 17.3. The van der Waals surface area contributed by atoms with Crippen molar-refractivity contribution in [2.75, 3.05) is 12.4 Å². The Morgan fingerprint density at radius 3 is 2.86 bits per heavy atom. The van der Waals surface area contributed by atoms with Crippen LogP contribution in [0.15, 0.2) is 74.7 Å². The molecule has 3 aromatic rings. The maximum Gasteiger partial charge on any atom is 0.217 e. The Labute approximate surface area is 175 Å². The summed E-state index contributed by atoms with van der Waals surface area (Å²) in [5.74, 6) is 0.762. The van der Waals surface area contributed by atoms with E-state index in [-0.39, 0.29) is 6.04 Å². The van der Waals surface area contributed by atoms with E-state index >= 15 is 0 Å². The Morgan fingerprint density at radius 2 is 2.03 bits per heavy atom. The van der Waals surface area contributed by atoms with Gasteiger partial charge >= 0.3 is 0 Å². The molecule has 146 valence electrons.